The summed E-state index contributed by atoms with van der Waals surface area (Å²) in [6.07, 6.45) is 2.91. The summed E-state index contributed by atoms with van der Waals surface area (Å²) >= 11 is -1.53. The summed E-state index contributed by atoms with van der Waals surface area (Å²) in [7, 11) is 0. The van der Waals surface area contributed by atoms with E-state index in [-0.39, 0.29) is 0 Å². The molecule has 0 aliphatic carbocycles. The predicted molar refractivity (Wildman–Crippen MR) is 101 cm³/mol. The third kappa shape index (κ3) is 8.61. The first-order valence-corrected chi connectivity index (χ1v) is 15.5. The molecule has 0 aromatic rings. The van der Waals surface area contributed by atoms with Gasteiger partial charge in [-0.3, -0.25) is 0 Å². The average Bonchev–Trinajstić information content (AvgIpc) is 2.54. The zero-order valence-corrected chi connectivity index (χ0v) is 18.0. The molecule has 0 spiro atoms. The molecule has 128 valence electrons. The molecular weight excluding hydrogens is 317 g/mol. The van der Waals surface area contributed by atoms with Gasteiger partial charge in [-0.15, -0.1) is 0 Å². The molecular formula is C18H42GeN2. The third-order valence-electron chi connectivity index (χ3n) is 5.65. The molecule has 0 saturated carbocycles. The van der Waals surface area contributed by atoms with Crippen LogP contribution in [0.25, 0.3) is 0 Å². The molecule has 0 heterocycles. The van der Waals surface area contributed by atoms with Gasteiger partial charge in [-0.05, 0) is 0 Å². The number of hydrogen-bond acceptors (Lipinski definition) is 2. The van der Waals surface area contributed by atoms with E-state index in [9.17, 15) is 0 Å². The van der Waals surface area contributed by atoms with Crippen LogP contribution in [0.1, 0.15) is 54.4 Å². The standard InChI is InChI=1S/C18H42GeN2/c1-7-19(8-2,15-13-17-20(9-3)10-4)16-14-18-21(11-5)12-6/h7-18H2,1-6H3. The summed E-state index contributed by atoms with van der Waals surface area (Å²) in [5.74, 6) is 0. The van der Waals surface area contributed by atoms with Gasteiger partial charge in [0.05, 0.1) is 0 Å². The second kappa shape index (κ2) is 13.0. The molecule has 0 aliphatic rings. The summed E-state index contributed by atoms with van der Waals surface area (Å²) in [5.41, 5.74) is 0. The molecule has 0 rings (SSSR count). The van der Waals surface area contributed by atoms with Crippen LogP contribution in [0, 0.1) is 0 Å². The SMILES string of the molecule is CCN(CC)CC[CH2][Ge]([CH2]C)([CH2]C)[CH2]CCN(CC)CC. The normalized spacial score (nSPS) is 12.6. The van der Waals surface area contributed by atoms with Gasteiger partial charge in [0.1, 0.15) is 0 Å². The average molecular weight is 359 g/mol. The van der Waals surface area contributed by atoms with Crippen LogP contribution in [0.3, 0.4) is 0 Å². The van der Waals surface area contributed by atoms with Crippen LogP contribution in [0.4, 0.5) is 0 Å². The molecule has 0 amide bonds. The Morgan fingerprint density at radius 2 is 0.905 bits per heavy atom. The van der Waals surface area contributed by atoms with E-state index in [0.717, 1.165) is 0 Å². The third-order valence-corrected chi connectivity index (χ3v) is 17.9. The molecule has 0 aliphatic heterocycles. The van der Waals surface area contributed by atoms with Crippen LogP contribution >= 0.6 is 0 Å². The molecule has 0 aromatic heterocycles. The molecule has 0 radical (unpaired) electrons. The Bertz CT molecular complexity index is 201. The van der Waals surface area contributed by atoms with Crippen molar-refractivity contribution in [2.75, 3.05) is 39.3 Å². The van der Waals surface area contributed by atoms with Crippen LogP contribution in [0.15, 0.2) is 0 Å². The number of nitrogens with zero attached hydrogens (tertiary/aromatic N) is 2. The molecule has 0 atom stereocenters. The Kier molecular flexibility index (Phi) is 13.2. The van der Waals surface area contributed by atoms with Crippen molar-refractivity contribution in [3.05, 3.63) is 0 Å². The van der Waals surface area contributed by atoms with Crippen molar-refractivity contribution >= 4 is 13.3 Å². The molecule has 0 fully saturated rings. The van der Waals surface area contributed by atoms with E-state index in [2.05, 4.69) is 51.3 Å². The summed E-state index contributed by atoms with van der Waals surface area (Å²) in [6.45, 7) is 21.7. The van der Waals surface area contributed by atoms with Gasteiger partial charge in [0, 0.05) is 0 Å². The Labute approximate surface area is 138 Å². The van der Waals surface area contributed by atoms with Gasteiger partial charge in [0.2, 0.25) is 0 Å². The fourth-order valence-electron chi connectivity index (χ4n) is 3.52. The van der Waals surface area contributed by atoms with E-state index >= 15 is 0 Å². The number of hydrogen-bond donors (Lipinski definition) is 0. The minimum atomic E-state index is -1.53. The summed E-state index contributed by atoms with van der Waals surface area (Å²) in [4.78, 5) is 5.18. The van der Waals surface area contributed by atoms with Gasteiger partial charge in [0.15, 0.2) is 0 Å². The van der Waals surface area contributed by atoms with Crippen molar-refractivity contribution in [2.24, 2.45) is 0 Å². The maximum absolute atomic E-state index is 2.59. The summed E-state index contributed by atoms with van der Waals surface area (Å²) in [5, 5.41) is 6.27. The summed E-state index contributed by atoms with van der Waals surface area (Å²) < 4.78 is 0. The minimum absolute atomic E-state index is 1.22. The van der Waals surface area contributed by atoms with E-state index in [1.165, 1.54) is 62.6 Å². The van der Waals surface area contributed by atoms with E-state index in [1.54, 1.807) is 10.5 Å². The fourth-order valence-corrected chi connectivity index (χ4v) is 11.9. The van der Waals surface area contributed by atoms with Crippen LogP contribution in [-0.4, -0.2) is 62.3 Å². The van der Waals surface area contributed by atoms with Crippen molar-refractivity contribution in [3.8, 4) is 0 Å². The zero-order valence-electron chi connectivity index (χ0n) is 15.9. The quantitative estimate of drug-likeness (QED) is 0.406. The maximum atomic E-state index is 2.59. The molecule has 0 N–H and O–H groups in total. The van der Waals surface area contributed by atoms with E-state index < -0.39 is 13.3 Å². The van der Waals surface area contributed by atoms with Crippen molar-refractivity contribution in [1.29, 1.82) is 0 Å². The molecule has 2 nitrogen and oxygen atoms in total. The van der Waals surface area contributed by atoms with Gasteiger partial charge in [-0.25, -0.2) is 0 Å². The topological polar surface area (TPSA) is 6.48 Å². The van der Waals surface area contributed by atoms with Gasteiger partial charge >= 0.3 is 138 Å². The fraction of sp³-hybridized carbons (Fsp3) is 1.00. The number of rotatable bonds is 14. The summed E-state index contributed by atoms with van der Waals surface area (Å²) in [6, 6.07) is 0. The monoisotopic (exact) mass is 360 g/mol. The van der Waals surface area contributed by atoms with Crippen LogP contribution in [0.2, 0.25) is 21.0 Å². The Morgan fingerprint density at radius 3 is 1.14 bits per heavy atom. The molecule has 21 heavy (non-hydrogen) atoms. The first-order valence-electron chi connectivity index (χ1n) is 9.55. The molecule has 3 heteroatoms. The first kappa shape index (κ1) is 21.5. The molecule has 0 bridgehead atoms. The van der Waals surface area contributed by atoms with Crippen molar-refractivity contribution in [1.82, 2.24) is 9.80 Å². The van der Waals surface area contributed by atoms with E-state index in [0.29, 0.717) is 0 Å². The Balaban J connectivity index is 4.22. The van der Waals surface area contributed by atoms with E-state index in [1.807, 2.05) is 0 Å². The Morgan fingerprint density at radius 1 is 0.571 bits per heavy atom. The van der Waals surface area contributed by atoms with Crippen LogP contribution < -0.4 is 0 Å². The predicted octanol–water partition coefficient (Wildman–Crippen LogP) is 4.94. The van der Waals surface area contributed by atoms with Gasteiger partial charge in [-0.1, -0.05) is 0 Å². The molecule has 0 aromatic carbocycles. The Hall–Kier alpha value is 0.463. The van der Waals surface area contributed by atoms with Crippen LogP contribution in [0.5, 0.6) is 0 Å². The van der Waals surface area contributed by atoms with Gasteiger partial charge in [-0.2, -0.15) is 0 Å². The van der Waals surface area contributed by atoms with Crippen molar-refractivity contribution in [3.63, 3.8) is 0 Å². The van der Waals surface area contributed by atoms with Gasteiger partial charge < -0.3 is 0 Å². The van der Waals surface area contributed by atoms with Crippen LogP contribution in [-0.2, 0) is 0 Å². The zero-order chi connectivity index (χ0) is 16.1. The van der Waals surface area contributed by atoms with Gasteiger partial charge in [0.25, 0.3) is 0 Å². The van der Waals surface area contributed by atoms with Crippen molar-refractivity contribution in [2.45, 2.75) is 75.4 Å². The first-order chi connectivity index (χ1) is 10.1. The second-order valence-corrected chi connectivity index (χ2v) is 17.8. The van der Waals surface area contributed by atoms with Crippen molar-refractivity contribution < 1.29 is 0 Å². The second-order valence-electron chi connectivity index (χ2n) is 6.47. The molecule has 0 unspecified atom stereocenters. The van der Waals surface area contributed by atoms with E-state index in [4.69, 9.17) is 0 Å². The molecule has 0 saturated heterocycles.